The van der Waals surface area contributed by atoms with Gasteiger partial charge in [-0.3, -0.25) is 19.4 Å². The van der Waals surface area contributed by atoms with E-state index in [0.29, 0.717) is 24.5 Å². The molecule has 2 aliphatic heterocycles. The molecule has 0 unspecified atom stereocenters. The molecule has 1 aromatic rings. The van der Waals surface area contributed by atoms with Crippen molar-refractivity contribution < 1.29 is 14.7 Å². The van der Waals surface area contributed by atoms with E-state index in [1.165, 1.54) is 4.90 Å². The fraction of sp³-hybridized carbons (Fsp3) is 0.429. The minimum Gasteiger partial charge on any atom is -0.392 e. The number of benzene rings is 1. The van der Waals surface area contributed by atoms with Crippen molar-refractivity contribution in [3.05, 3.63) is 28.2 Å². The SMILES string of the molecule is O=C1C(=O)N(CN2CCC[C@H](O)C2)c2ccc(Br)cc21. The fourth-order valence-corrected chi connectivity index (χ4v) is 3.13. The van der Waals surface area contributed by atoms with Gasteiger partial charge in [0.25, 0.3) is 5.78 Å². The van der Waals surface area contributed by atoms with Crippen LogP contribution in [0.2, 0.25) is 0 Å². The number of nitrogens with zero attached hydrogens (tertiary/aromatic N) is 2. The molecule has 0 radical (unpaired) electrons. The number of Topliss-reactive ketones (excluding diaryl/α,β-unsaturated/α-hetero) is 1. The van der Waals surface area contributed by atoms with Crippen LogP contribution in [-0.4, -0.2) is 47.6 Å². The van der Waals surface area contributed by atoms with E-state index >= 15 is 0 Å². The summed E-state index contributed by atoms with van der Waals surface area (Å²) >= 11 is 3.31. The number of carbonyl (C=O) groups excluding carboxylic acids is 2. The molecule has 2 aliphatic rings. The predicted molar refractivity (Wildman–Crippen MR) is 77.6 cm³/mol. The molecule has 5 nitrogen and oxygen atoms in total. The lowest BCUT2D eigenvalue weighted by atomic mass is 10.1. The summed E-state index contributed by atoms with van der Waals surface area (Å²) in [5, 5.41) is 9.68. The highest BCUT2D eigenvalue weighted by Crippen LogP contribution is 2.31. The van der Waals surface area contributed by atoms with Crippen molar-refractivity contribution in [3.63, 3.8) is 0 Å². The first kappa shape index (κ1) is 13.7. The molecule has 0 aliphatic carbocycles. The molecule has 1 fully saturated rings. The Kier molecular flexibility index (Phi) is 3.62. The zero-order valence-electron chi connectivity index (χ0n) is 10.9. The van der Waals surface area contributed by atoms with Crippen LogP contribution in [0.4, 0.5) is 5.69 Å². The number of halogens is 1. The normalized spacial score (nSPS) is 23.3. The Labute approximate surface area is 125 Å². The van der Waals surface area contributed by atoms with Crippen molar-refractivity contribution in [3.8, 4) is 0 Å². The van der Waals surface area contributed by atoms with Gasteiger partial charge in [0.1, 0.15) is 0 Å². The third kappa shape index (κ3) is 2.39. The quantitative estimate of drug-likeness (QED) is 0.828. The molecule has 6 heteroatoms. The molecule has 1 atom stereocenters. The molecule has 0 aromatic heterocycles. The van der Waals surface area contributed by atoms with Gasteiger partial charge in [-0.25, -0.2) is 0 Å². The molecular formula is C14H15BrN2O3. The molecule has 106 valence electrons. The average Bonchev–Trinajstić information content (AvgIpc) is 2.64. The largest absolute Gasteiger partial charge is 0.392 e. The number of aliphatic hydroxyl groups is 1. The van der Waals surface area contributed by atoms with Crippen molar-refractivity contribution >= 4 is 33.3 Å². The summed E-state index contributed by atoms with van der Waals surface area (Å²) in [5.74, 6) is -0.947. The van der Waals surface area contributed by atoms with Crippen LogP contribution in [0.5, 0.6) is 0 Å². The van der Waals surface area contributed by atoms with Crippen LogP contribution in [0.1, 0.15) is 23.2 Å². The van der Waals surface area contributed by atoms with Crippen LogP contribution < -0.4 is 4.90 Å². The molecule has 20 heavy (non-hydrogen) atoms. The van der Waals surface area contributed by atoms with Gasteiger partial charge in [0.15, 0.2) is 0 Å². The van der Waals surface area contributed by atoms with Crippen LogP contribution in [0.3, 0.4) is 0 Å². The fourth-order valence-electron chi connectivity index (χ4n) is 2.77. The molecule has 0 spiro atoms. The molecule has 2 heterocycles. The Morgan fingerprint density at radius 1 is 1.35 bits per heavy atom. The number of piperidine rings is 1. The maximum Gasteiger partial charge on any atom is 0.300 e. The lowest BCUT2D eigenvalue weighted by molar-refractivity contribution is -0.114. The van der Waals surface area contributed by atoms with Crippen molar-refractivity contribution in [1.29, 1.82) is 0 Å². The first-order valence-corrected chi connectivity index (χ1v) is 7.42. The van der Waals surface area contributed by atoms with Crippen molar-refractivity contribution in [2.45, 2.75) is 18.9 Å². The number of carbonyl (C=O) groups is 2. The zero-order valence-corrected chi connectivity index (χ0v) is 12.5. The van der Waals surface area contributed by atoms with Gasteiger partial charge < -0.3 is 5.11 Å². The number of β-amino-alcohol motifs (C(OH)–C–C–N with tert-alkyl or cyclic N) is 1. The monoisotopic (exact) mass is 338 g/mol. The number of ketones is 1. The summed E-state index contributed by atoms with van der Waals surface area (Å²) in [6.07, 6.45) is 1.36. The van der Waals surface area contributed by atoms with Crippen molar-refractivity contribution in [1.82, 2.24) is 4.90 Å². The summed E-state index contributed by atoms with van der Waals surface area (Å²) < 4.78 is 0.785. The highest BCUT2D eigenvalue weighted by Gasteiger charge is 2.37. The molecule has 1 aromatic carbocycles. The Morgan fingerprint density at radius 2 is 2.15 bits per heavy atom. The van der Waals surface area contributed by atoms with Gasteiger partial charge in [-0.15, -0.1) is 0 Å². The minimum atomic E-state index is -0.488. The summed E-state index contributed by atoms with van der Waals surface area (Å²) in [6.45, 7) is 1.74. The molecule has 0 saturated carbocycles. The van der Waals surface area contributed by atoms with Crippen LogP contribution >= 0.6 is 15.9 Å². The number of amides is 1. The van der Waals surface area contributed by atoms with Crippen molar-refractivity contribution in [2.24, 2.45) is 0 Å². The second-order valence-corrected chi connectivity index (χ2v) is 6.15. The standard InChI is InChI=1S/C14H15BrN2O3/c15-9-3-4-12-11(6-9)13(19)14(20)17(12)8-16-5-1-2-10(18)7-16/h3-4,6,10,18H,1-2,5,7-8H2/t10-/m0/s1. The maximum atomic E-state index is 12.1. The second-order valence-electron chi connectivity index (χ2n) is 5.24. The minimum absolute atomic E-state index is 0.346. The zero-order chi connectivity index (χ0) is 14.3. The molecule has 1 N–H and O–H groups in total. The Balaban J connectivity index is 1.84. The van der Waals surface area contributed by atoms with Gasteiger partial charge in [-0.1, -0.05) is 15.9 Å². The van der Waals surface area contributed by atoms with E-state index in [9.17, 15) is 14.7 Å². The van der Waals surface area contributed by atoms with Gasteiger partial charge in [-0.2, -0.15) is 0 Å². The van der Waals surface area contributed by atoms with Gasteiger partial charge in [-0.05, 0) is 31.0 Å². The molecule has 3 rings (SSSR count). The van der Waals surface area contributed by atoms with E-state index in [1.54, 1.807) is 12.1 Å². The highest BCUT2D eigenvalue weighted by atomic mass is 79.9. The summed E-state index contributed by atoms with van der Waals surface area (Å²) in [5.41, 5.74) is 1.10. The number of anilines is 1. The lowest BCUT2D eigenvalue weighted by Gasteiger charge is -2.33. The van der Waals surface area contributed by atoms with E-state index in [0.717, 1.165) is 23.9 Å². The van der Waals surface area contributed by atoms with Crippen LogP contribution in [0.25, 0.3) is 0 Å². The van der Waals surface area contributed by atoms with Gasteiger partial charge in [0, 0.05) is 17.6 Å². The Bertz CT molecular complexity index is 576. The first-order valence-electron chi connectivity index (χ1n) is 6.62. The molecular weight excluding hydrogens is 324 g/mol. The number of fused-ring (bicyclic) bond motifs is 1. The predicted octanol–water partition coefficient (Wildman–Crippen LogP) is 1.39. The molecule has 1 saturated heterocycles. The summed E-state index contributed by atoms with van der Waals surface area (Å²) in [6, 6.07) is 5.28. The van der Waals surface area contributed by atoms with E-state index in [-0.39, 0.29) is 6.10 Å². The van der Waals surface area contributed by atoms with E-state index in [4.69, 9.17) is 0 Å². The van der Waals surface area contributed by atoms with Gasteiger partial charge >= 0.3 is 5.91 Å². The Morgan fingerprint density at radius 3 is 2.90 bits per heavy atom. The first-order chi connectivity index (χ1) is 9.56. The number of rotatable bonds is 2. The summed E-state index contributed by atoms with van der Waals surface area (Å²) in [7, 11) is 0. The van der Waals surface area contributed by atoms with Crippen LogP contribution in [0.15, 0.2) is 22.7 Å². The van der Waals surface area contributed by atoms with Gasteiger partial charge in [0.2, 0.25) is 0 Å². The van der Waals surface area contributed by atoms with Gasteiger partial charge in [0.05, 0.1) is 24.0 Å². The highest BCUT2D eigenvalue weighted by molar-refractivity contribution is 9.10. The van der Waals surface area contributed by atoms with Crippen molar-refractivity contribution in [2.75, 3.05) is 24.7 Å². The number of likely N-dealkylation sites (tertiary alicyclic amines) is 1. The van der Waals surface area contributed by atoms with E-state index in [2.05, 4.69) is 15.9 Å². The van der Waals surface area contributed by atoms with E-state index in [1.807, 2.05) is 11.0 Å². The third-order valence-corrected chi connectivity index (χ3v) is 4.25. The Hall–Kier alpha value is -1.24. The van der Waals surface area contributed by atoms with Crippen LogP contribution in [0, 0.1) is 0 Å². The molecule has 0 bridgehead atoms. The number of hydrogen-bond donors (Lipinski definition) is 1. The van der Waals surface area contributed by atoms with Crippen LogP contribution in [-0.2, 0) is 4.79 Å². The second kappa shape index (κ2) is 5.27. The number of hydrogen-bond acceptors (Lipinski definition) is 4. The topological polar surface area (TPSA) is 60.9 Å². The average molecular weight is 339 g/mol. The smallest absolute Gasteiger partial charge is 0.300 e. The van der Waals surface area contributed by atoms with E-state index < -0.39 is 11.7 Å². The maximum absolute atomic E-state index is 12.1. The number of aliphatic hydroxyl groups excluding tert-OH is 1. The summed E-state index contributed by atoms with van der Waals surface area (Å²) in [4.78, 5) is 27.6. The molecule has 1 amide bonds. The lowest BCUT2D eigenvalue weighted by Crippen LogP contribution is -2.46. The third-order valence-electron chi connectivity index (χ3n) is 3.76.